The molecule has 0 spiro atoms. The van der Waals surface area contributed by atoms with Crippen LogP contribution in [0.3, 0.4) is 0 Å². The van der Waals surface area contributed by atoms with Crippen LogP contribution in [0.2, 0.25) is 0 Å². The molecule has 14 heteroatoms. The summed E-state index contributed by atoms with van der Waals surface area (Å²) in [5.74, 6) is -0.901. The number of aromatic nitrogens is 1. The smallest absolute Gasteiger partial charge is 0.408 e. The lowest BCUT2D eigenvalue weighted by Crippen LogP contribution is -2.58. The first-order chi connectivity index (χ1) is 25.0. The number of aliphatic hydroxyl groups excluding tert-OH is 1. The number of rotatable bonds is 19. The number of nitrogens with zero attached hydrogens (tertiary/aromatic N) is 4. The average molecular weight is 738 g/mol. The minimum absolute atomic E-state index is 0.0218. The van der Waals surface area contributed by atoms with Crippen LogP contribution in [-0.2, 0) is 39.1 Å². The predicted molar refractivity (Wildman–Crippen MR) is 196 cm³/mol. The number of hydrogen-bond acceptors (Lipinski definition) is 9. The highest BCUT2D eigenvalue weighted by molar-refractivity contribution is 7.89. The lowest BCUT2D eigenvalue weighted by Gasteiger charge is -2.35. The molecule has 1 heterocycles. The molecule has 4 atom stereocenters. The fraction of sp³-hybridized carbons (Fsp3) is 0.474. The SMILES string of the molecule is CC[C@H](C)[C@@H](C(=O)N[C@@H](Cc1ccccc1)[C@@H](O)CN(CC1CCCC1)S(=O)(=O)c1ccc(C=NO)cc1)N(Cc1cccc(COC)n1)C(=O)O. The van der Waals surface area contributed by atoms with E-state index in [9.17, 15) is 28.2 Å². The average Bonchev–Trinajstić information content (AvgIpc) is 3.65. The number of carbonyl (C=O) groups is 2. The molecule has 1 fully saturated rings. The molecule has 2 aromatic carbocycles. The number of sulfonamides is 1. The second-order valence-electron chi connectivity index (χ2n) is 13.5. The zero-order valence-corrected chi connectivity index (χ0v) is 30.9. The Balaban J connectivity index is 1.66. The maximum Gasteiger partial charge on any atom is 0.408 e. The molecule has 0 bridgehead atoms. The number of aliphatic hydroxyl groups is 1. The van der Waals surface area contributed by atoms with Gasteiger partial charge in [-0.1, -0.05) is 86.8 Å². The topological polar surface area (TPSA) is 182 Å². The standard InChI is InChI=1S/C38H51N5O8S/c1-4-27(2)36(43(38(46)47)24-31-15-10-16-32(40-31)26-51-3)37(45)41-34(21-28-11-6-5-7-12-28)35(44)25-42(23-30-13-8-9-14-30)52(49,50)33-19-17-29(18-20-33)22-39-48/h5-7,10-12,15-20,22,27,30,34-36,44,48H,4,8-9,13-14,21,23-26H2,1-3H3,(H,41,45)(H,46,47)/t27-,34-,35-,36-/m0/s1. The van der Waals surface area contributed by atoms with Gasteiger partial charge in [0.05, 0.1) is 47.8 Å². The molecule has 13 nitrogen and oxygen atoms in total. The van der Waals surface area contributed by atoms with Gasteiger partial charge in [0, 0.05) is 20.2 Å². The van der Waals surface area contributed by atoms with Gasteiger partial charge in [0.25, 0.3) is 0 Å². The quantitative estimate of drug-likeness (QED) is 0.0756. The first kappa shape index (κ1) is 40.4. The Morgan fingerprint density at radius 1 is 1.04 bits per heavy atom. The van der Waals surface area contributed by atoms with Crippen molar-refractivity contribution in [2.24, 2.45) is 17.0 Å². The van der Waals surface area contributed by atoms with Crippen molar-refractivity contribution in [3.05, 3.63) is 95.3 Å². The summed E-state index contributed by atoms with van der Waals surface area (Å²) in [6.45, 7) is 3.65. The first-order valence-electron chi connectivity index (χ1n) is 17.7. The molecule has 0 unspecified atom stereocenters. The van der Waals surface area contributed by atoms with E-state index in [-0.39, 0.29) is 43.5 Å². The number of hydrogen-bond donors (Lipinski definition) is 4. The van der Waals surface area contributed by atoms with Crippen LogP contribution < -0.4 is 5.32 Å². The van der Waals surface area contributed by atoms with Crippen molar-refractivity contribution < 1.29 is 38.2 Å². The molecular weight excluding hydrogens is 687 g/mol. The van der Waals surface area contributed by atoms with Crippen molar-refractivity contribution in [2.75, 3.05) is 20.2 Å². The lowest BCUT2D eigenvalue weighted by molar-refractivity contribution is -0.129. The summed E-state index contributed by atoms with van der Waals surface area (Å²) in [5.41, 5.74) is 2.38. The molecule has 3 aromatic rings. The van der Waals surface area contributed by atoms with Gasteiger partial charge in [-0.2, -0.15) is 4.31 Å². The van der Waals surface area contributed by atoms with Crippen molar-refractivity contribution in [1.82, 2.24) is 19.5 Å². The molecule has 2 amide bonds. The summed E-state index contributed by atoms with van der Waals surface area (Å²) < 4.78 is 34.7. The normalized spacial score (nSPS) is 16.1. The third-order valence-electron chi connectivity index (χ3n) is 9.66. The van der Waals surface area contributed by atoms with Gasteiger partial charge in [0.2, 0.25) is 15.9 Å². The fourth-order valence-corrected chi connectivity index (χ4v) is 8.22. The van der Waals surface area contributed by atoms with Crippen molar-refractivity contribution in [2.45, 2.75) is 88.6 Å². The molecule has 52 heavy (non-hydrogen) atoms. The van der Waals surface area contributed by atoms with Gasteiger partial charge in [-0.3, -0.25) is 14.7 Å². The van der Waals surface area contributed by atoms with Crippen molar-refractivity contribution >= 4 is 28.2 Å². The van der Waals surface area contributed by atoms with Gasteiger partial charge in [-0.05, 0) is 66.5 Å². The summed E-state index contributed by atoms with van der Waals surface area (Å²) >= 11 is 0. The van der Waals surface area contributed by atoms with Gasteiger partial charge in [0.1, 0.15) is 6.04 Å². The Labute approximate surface area is 306 Å². The Kier molecular flexibility index (Phi) is 15.1. The summed E-state index contributed by atoms with van der Waals surface area (Å²) in [7, 11) is -2.56. The van der Waals surface area contributed by atoms with Crippen molar-refractivity contribution in [3.8, 4) is 0 Å². The van der Waals surface area contributed by atoms with Crippen LogP contribution in [-0.4, -0.2) is 94.6 Å². The summed E-state index contributed by atoms with van der Waals surface area (Å²) in [6.07, 6.45) is 2.90. The zero-order valence-electron chi connectivity index (χ0n) is 30.0. The summed E-state index contributed by atoms with van der Waals surface area (Å²) in [5, 5.41) is 37.2. The number of carbonyl (C=O) groups excluding carboxylic acids is 1. The van der Waals surface area contributed by atoms with E-state index >= 15 is 0 Å². The van der Waals surface area contributed by atoms with E-state index in [1.54, 1.807) is 25.1 Å². The Morgan fingerprint density at radius 2 is 1.71 bits per heavy atom. The minimum atomic E-state index is -4.10. The van der Waals surface area contributed by atoms with E-state index in [0.717, 1.165) is 36.1 Å². The molecule has 4 N–H and O–H groups in total. The second kappa shape index (κ2) is 19.5. The number of carboxylic acid groups (broad SMARTS) is 1. The summed E-state index contributed by atoms with van der Waals surface area (Å²) in [6, 6.07) is 18.2. The Hall–Kier alpha value is -4.37. The minimum Gasteiger partial charge on any atom is -0.465 e. The van der Waals surface area contributed by atoms with E-state index in [4.69, 9.17) is 9.94 Å². The largest absolute Gasteiger partial charge is 0.465 e. The van der Waals surface area contributed by atoms with E-state index in [0.29, 0.717) is 23.4 Å². The van der Waals surface area contributed by atoms with Crippen LogP contribution in [0.25, 0.3) is 0 Å². The van der Waals surface area contributed by atoms with Crippen LogP contribution in [0, 0.1) is 11.8 Å². The van der Waals surface area contributed by atoms with Gasteiger partial charge in [-0.15, -0.1) is 0 Å². The van der Waals surface area contributed by atoms with E-state index < -0.39 is 46.1 Å². The lowest BCUT2D eigenvalue weighted by atomic mass is 9.94. The van der Waals surface area contributed by atoms with Crippen LogP contribution in [0.5, 0.6) is 0 Å². The van der Waals surface area contributed by atoms with Crippen molar-refractivity contribution in [3.63, 3.8) is 0 Å². The maximum absolute atomic E-state index is 14.3. The Bertz CT molecular complexity index is 1720. The molecule has 1 aliphatic carbocycles. The monoisotopic (exact) mass is 737 g/mol. The molecule has 1 aromatic heterocycles. The zero-order chi connectivity index (χ0) is 37.7. The molecule has 1 aliphatic rings. The van der Waals surface area contributed by atoms with Gasteiger partial charge in [-0.25, -0.2) is 13.2 Å². The molecule has 282 valence electrons. The molecular formula is C38H51N5O8S. The molecule has 0 radical (unpaired) electrons. The highest BCUT2D eigenvalue weighted by Crippen LogP contribution is 2.29. The maximum atomic E-state index is 14.3. The number of nitrogens with one attached hydrogen (secondary N) is 1. The highest BCUT2D eigenvalue weighted by Gasteiger charge is 2.38. The number of benzene rings is 2. The third-order valence-corrected chi connectivity index (χ3v) is 11.5. The Morgan fingerprint density at radius 3 is 2.33 bits per heavy atom. The molecule has 4 rings (SSSR count). The molecule has 1 saturated carbocycles. The van der Waals surface area contributed by atoms with Gasteiger partial charge in [0.15, 0.2) is 0 Å². The number of ether oxygens (including phenoxy) is 1. The highest BCUT2D eigenvalue weighted by atomic mass is 32.2. The van der Waals surface area contributed by atoms with E-state index in [2.05, 4.69) is 15.5 Å². The van der Waals surface area contributed by atoms with Crippen molar-refractivity contribution in [1.29, 1.82) is 0 Å². The van der Waals surface area contributed by atoms with Gasteiger partial charge >= 0.3 is 6.09 Å². The van der Waals surface area contributed by atoms with Crippen LogP contribution in [0.4, 0.5) is 4.79 Å². The second-order valence-corrected chi connectivity index (χ2v) is 15.4. The number of pyridine rings is 1. The van der Waals surface area contributed by atoms with E-state index in [1.165, 1.54) is 41.9 Å². The van der Waals surface area contributed by atoms with E-state index in [1.807, 2.05) is 37.3 Å². The summed E-state index contributed by atoms with van der Waals surface area (Å²) in [4.78, 5) is 32.6. The number of oxime groups is 1. The van der Waals surface area contributed by atoms with Crippen LogP contribution in [0.15, 0.2) is 82.8 Å². The fourth-order valence-electron chi connectivity index (χ4n) is 6.68. The molecule has 0 saturated heterocycles. The first-order valence-corrected chi connectivity index (χ1v) is 19.1. The van der Waals surface area contributed by atoms with Gasteiger partial charge < -0.3 is 25.5 Å². The predicted octanol–water partition coefficient (Wildman–Crippen LogP) is 4.90. The molecule has 0 aliphatic heterocycles. The number of amides is 2. The van der Waals surface area contributed by atoms with Crippen LogP contribution >= 0.6 is 0 Å². The third kappa shape index (κ3) is 11.1. The number of methoxy groups -OCH3 is 1. The van der Waals surface area contributed by atoms with Crippen LogP contribution in [0.1, 0.15) is 68.5 Å².